The SMILES string of the molecule is CO.Cl.Clc1ccccc1CN1CCc2sccc2C1.Clc1ccccc1CN1COC(c2cccs2)C1.NCc1ccccc1Cl.O=Cc1cccs1.OC(CNCc1ccccc1Cl)c1cccs1.OC1CN(Cc2ccccc2Cl)Cc2ccsc21.c1csc(C2CO2)c1. The minimum atomic E-state index is -0.447. The van der Waals surface area contributed by atoms with Crippen molar-refractivity contribution in [2.24, 2.45) is 5.73 Å². The standard InChI is InChI=1S/2C14H14ClNOS.C14H14ClNS.C13H14ClNOS.C7H8ClN.C6H6OS.C5H4OS.CH4O.ClH/c15-12-5-2-1-4-11(12)8-16-9-13(17-10-16)14-6-3-7-18-14;15-12-4-2-1-3-10(12)7-16-8-11-5-6-18-14(11)13(17)9-16;15-13-4-2-1-3-11(13)9-16-7-5-14-12(10-16)6-8-17-14;14-11-5-2-1-4-10(11)8-15-9-12(16)13-6-3-7-17-13;8-7-4-2-1-3-6(7)5-9;1-2-6(8-3-1)5-4-7-5;6-4-5-2-1-3-7-5;1-2;/h1-7,13H,8-10H2;1-6,13,17H,7-9H2;1-4,6,8H,5,7,9-10H2;1-7,12,15-16H,8-9H2;1-4H,5,9H2;1-3,5H,4H2;1-4H;2H,1H3;1H. The number of ether oxygens (including phenoxy) is 2. The van der Waals surface area contributed by atoms with E-state index in [2.05, 4.69) is 90.8 Å². The molecule has 2 fully saturated rings. The van der Waals surface area contributed by atoms with Crippen LogP contribution < -0.4 is 11.1 Å². The smallest absolute Gasteiger partial charge is 0.159 e. The summed E-state index contributed by atoms with van der Waals surface area (Å²) < 4.78 is 10.9. The molecule has 11 aromatic rings. The fourth-order valence-corrected chi connectivity index (χ4v) is 15.7. The normalized spacial score (nSPS) is 16.1. The maximum absolute atomic E-state index is 10.1. The highest BCUT2D eigenvalue weighted by molar-refractivity contribution is 7.12. The highest BCUT2D eigenvalue weighted by atomic mass is 35.5. The van der Waals surface area contributed by atoms with Gasteiger partial charge >= 0.3 is 0 Å². The van der Waals surface area contributed by atoms with Gasteiger partial charge in [-0.2, -0.15) is 0 Å². The van der Waals surface area contributed by atoms with Crippen molar-refractivity contribution in [3.05, 3.63) is 308 Å². The Kier molecular flexibility index (Phi) is 36.0. The highest BCUT2D eigenvalue weighted by Crippen LogP contribution is 2.35. The van der Waals surface area contributed by atoms with Crippen molar-refractivity contribution in [2.75, 3.05) is 46.6 Å². The van der Waals surface area contributed by atoms with Crippen LogP contribution in [0.5, 0.6) is 0 Å². The zero-order valence-electron chi connectivity index (χ0n) is 53.3. The van der Waals surface area contributed by atoms with Crippen molar-refractivity contribution in [1.82, 2.24) is 20.0 Å². The summed E-state index contributed by atoms with van der Waals surface area (Å²) in [6.45, 7) is 10.6. The fourth-order valence-electron chi connectivity index (χ4n) is 10.1. The Morgan fingerprint density at radius 3 is 1.52 bits per heavy atom. The Balaban J connectivity index is 0.000000162. The molecule has 4 aliphatic heterocycles. The lowest BCUT2D eigenvalue weighted by Gasteiger charge is -2.30. The van der Waals surface area contributed by atoms with E-state index in [1.54, 1.807) is 56.3 Å². The summed E-state index contributed by atoms with van der Waals surface area (Å²) >= 11 is 40.4. The summed E-state index contributed by atoms with van der Waals surface area (Å²) in [5, 5.41) is 46.5. The van der Waals surface area contributed by atoms with Crippen LogP contribution in [0.2, 0.25) is 25.1 Å². The first-order valence-corrected chi connectivity index (χ1v) is 38.1. The summed E-state index contributed by atoms with van der Waals surface area (Å²) in [6.07, 6.45) is 1.89. The molecule has 4 atom stereocenters. The molecule has 0 spiro atoms. The quantitative estimate of drug-likeness (QED) is 0.0494. The number of β-amino-alcohol motifs (C(OH)–C–C–N with tert-alkyl or cyclic N) is 1. The number of thiophene rings is 6. The molecule has 2 saturated heterocycles. The molecule has 0 bridgehead atoms. The second-order valence-corrected chi connectivity index (χ2v) is 29.8. The van der Waals surface area contributed by atoms with Crippen molar-refractivity contribution in [3.8, 4) is 0 Å². The molecule has 514 valence electrons. The van der Waals surface area contributed by atoms with Gasteiger partial charge in [0.25, 0.3) is 0 Å². The van der Waals surface area contributed by atoms with Crippen LogP contribution in [0.4, 0.5) is 0 Å². The Morgan fingerprint density at radius 2 is 1.02 bits per heavy atom. The maximum atomic E-state index is 10.1. The predicted molar refractivity (Wildman–Crippen MR) is 413 cm³/mol. The van der Waals surface area contributed by atoms with Gasteiger partial charge in [0.1, 0.15) is 31.1 Å². The molecule has 0 radical (unpaired) electrons. The first kappa shape index (κ1) is 79.6. The average Bonchev–Trinajstić information content (AvgIpc) is 1.81. The Morgan fingerprint density at radius 1 is 0.536 bits per heavy atom. The van der Waals surface area contributed by atoms with Gasteiger partial charge in [-0.05, 0) is 144 Å². The van der Waals surface area contributed by atoms with Crippen LogP contribution >= 0.6 is 138 Å². The number of nitrogens with one attached hydrogen (secondary N) is 1. The molecule has 0 saturated carbocycles. The zero-order valence-corrected chi connectivity index (χ0v) is 62.8. The number of epoxide rings is 1. The van der Waals surface area contributed by atoms with Gasteiger partial charge in [-0.25, -0.2) is 0 Å². The number of rotatable bonds is 15. The van der Waals surface area contributed by atoms with Crippen LogP contribution in [0.1, 0.15) is 97.4 Å². The van der Waals surface area contributed by atoms with Crippen molar-refractivity contribution in [3.63, 3.8) is 0 Å². The lowest BCUT2D eigenvalue weighted by atomic mass is 10.1. The predicted octanol–water partition coefficient (Wildman–Crippen LogP) is 19.8. The minimum absolute atomic E-state index is 0. The van der Waals surface area contributed by atoms with Crippen LogP contribution in [-0.4, -0.2) is 82.9 Å². The molecule has 15 rings (SSSR count). The molecule has 0 aliphatic carbocycles. The number of nitrogens with zero attached hydrogens (tertiary/aromatic N) is 3. The molecule has 23 heteroatoms. The van der Waals surface area contributed by atoms with E-state index in [-0.39, 0.29) is 24.6 Å². The highest BCUT2D eigenvalue weighted by Gasteiger charge is 2.27. The number of hydrogen-bond donors (Lipinski definition) is 5. The number of aliphatic hydroxyl groups is 3. The van der Waals surface area contributed by atoms with Crippen molar-refractivity contribution >= 4 is 145 Å². The second kappa shape index (κ2) is 43.9. The van der Waals surface area contributed by atoms with Crippen LogP contribution in [0.25, 0.3) is 0 Å². The maximum Gasteiger partial charge on any atom is 0.159 e. The fraction of sp³-hybridized carbons (Fsp3) is 0.257. The number of hydrogen-bond acceptors (Lipinski definition) is 17. The van der Waals surface area contributed by atoms with Gasteiger partial charge in [0.15, 0.2) is 6.29 Å². The first-order valence-electron chi connectivity index (χ1n) is 30.9. The van der Waals surface area contributed by atoms with E-state index in [0.29, 0.717) is 39.0 Å². The molecule has 6 N–H and O–H groups in total. The van der Waals surface area contributed by atoms with Crippen LogP contribution in [-0.2, 0) is 61.7 Å². The molecular formula is C74H79Cl6N5O6S6. The van der Waals surface area contributed by atoms with Gasteiger partial charge < -0.3 is 35.8 Å². The van der Waals surface area contributed by atoms with Gasteiger partial charge in [-0.15, -0.1) is 80.4 Å². The van der Waals surface area contributed by atoms with Crippen LogP contribution in [0.15, 0.2) is 214 Å². The number of aldehydes is 1. The van der Waals surface area contributed by atoms with E-state index in [1.165, 1.54) is 44.2 Å². The third-order valence-corrected chi connectivity index (χ3v) is 22.7. The Bertz CT molecular complexity index is 3930. The molecule has 4 unspecified atom stereocenters. The van der Waals surface area contributed by atoms with Gasteiger partial charge in [-0.3, -0.25) is 19.5 Å². The van der Waals surface area contributed by atoms with Gasteiger partial charge in [0.05, 0.1) is 11.5 Å². The summed E-state index contributed by atoms with van der Waals surface area (Å²) in [7, 11) is 1.00. The second-order valence-electron chi connectivity index (χ2n) is 21.9. The van der Waals surface area contributed by atoms with E-state index in [0.717, 1.165) is 128 Å². The molecule has 6 aromatic heterocycles. The van der Waals surface area contributed by atoms with Crippen molar-refractivity contribution in [1.29, 1.82) is 0 Å². The van der Waals surface area contributed by atoms with E-state index in [9.17, 15) is 15.0 Å². The minimum Gasteiger partial charge on any atom is -0.400 e. The molecule has 10 heterocycles. The van der Waals surface area contributed by atoms with Gasteiger partial charge in [-0.1, -0.05) is 173 Å². The van der Waals surface area contributed by atoms with Crippen molar-refractivity contribution < 1.29 is 29.6 Å². The van der Waals surface area contributed by atoms with Gasteiger partial charge in [0.2, 0.25) is 0 Å². The van der Waals surface area contributed by atoms with E-state index < -0.39 is 6.10 Å². The van der Waals surface area contributed by atoms with E-state index >= 15 is 0 Å². The third kappa shape index (κ3) is 26.7. The van der Waals surface area contributed by atoms with E-state index in [1.807, 2.05) is 149 Å². The summed E-state index contributed by atoms with van der Waals surface area (Å²) in [5.41, 5.74) is 13.7. The average molecular weight is 1540 g/mol. The molecule has 5 aromatic carbocycles. The summed E-state index contributed by atoms with van der Waals surface area (Å²) in [4.78, 5) is 24.0. The number of halogens is 6. The lowest BCUT2D eigenvalue weighted by Crippen LogP contribution is -2.32. The number of carbonyl (C=O) groups excluding carboxylic acids is 1. The summed E-state index contributed by atoms with van der Waals surface area (Å²) in [6, 6.07) is 59.5. The number of fused-ring (bicyclic) bond motifs is 2. The molecule has 0 amide bonds. The number of carbonyl (C=O) groups is 1. The molecule has 4 aliphatic rings. The molecular weight excluding hydrogens is 1460 g/mol. The van der Waals surface area contributed by atoms with Gasteiger partial charge in [0, 0.05) is 129 Å². The van der Waals surface area contributed by atoms with E-state index in [4.69, 9.17) is 78.3 Å². The Hall–Kier alpha value is -4.69. The molecule has 11 nitrogen and oxygen atoms in total. The zero-order chi connectivity index (χ0) is 67.9. The number of benzene rings is 5. The number of nitrogens with two attached hydrogens (primary N) is 1. The van der Waals surface area contributed by atoms with Crippen LogP contribution in [0, 0.1) is 0 Å². The summed E-state index contributed by atoms with van der Waals surface area (Å²) in [5.74, 6) is 0. The number of aliphatic hydroxyl groups excluding tert-OH is 3. The first-order chi connectivity index (χ1) is 46.9. The van der Waals surface area contributed by atoms with Crippen LogP contribution in [0.3, 0.4) is 0 Å². The Labute approximate surface area is 625 Å². The monoisotopic (exact) mass is 1540 g/mol. The third-order valence-electron chi connectivity index (χ3n) is 15.1. The topological polar surface area (TPSA) is 147 Å². The van der Waals surface area contributed by atoms with Crippen molar-refractivity contribution in [2.45, 2.75) is 76.6 Å². The molecule has 97 heavy (non-hydrogen) atoms. The lowest BCUT2D eigenvalue weighted by molar-refractivity contribution is 0.0898. The largest absolute Gasteiger partial charge is 0.400 e.